The number of aromatic nitrogens is 1. The van der Waals surface area contributed by atoms with Crippen molar-refractivity contribution in [2.45, 2.75) is 26.5 Å². The summed E-state index contributed by atoms with van der Waals surface area (Å²) in [6, 6.07) is 8.70. The maximum Gasteiger partial charge on any atom is 0.120 e. The largest absolute Gasteiger partial charge is 0.373 e. The minimum Gasteiger partial charge on any atom is -0.373 e. The zero-order valence-corrected chi connectivity index (χ0v) is 11.1. The van der Waals surface area contributed by atoms with Crippen LogP contribution in [0.5, 0.6) is 0 Å². The summed E-state index contributed by atoms with van der Waals surface area (Å²) in [6.07, 6.45) is 0. The summed E-state index contributed by atoms with van der Waals surface area (Å²) in [4.78, 5) is 4.52. The number of thiazole rings is 1. The molecule has 0 aliphatic carbocycles. The molecule has 0 fully saturated rings. The van der Waals surface area contributed by atoms with Gasteiger partial charge in [-0.15, -0.1) is 11.3 Å². The number of ether oxygens (including phenoxy) is 1. The second-order valence-corrected chi connectivity index (χ2v) is 5.35. The van der Waals surface area contributed by atoms with Crippen molar-refractivity contribution in [1.82, 2.24) is 10.3 Å². The lowest BCUT2D eigenvalue weighted by atomic mass is 10.3. The number of rotatable bonds is 6. The molecule has 17 heavy (non-hydrogen) atoms. The van der Waals surface area contributed by atoms with Gasteiger partial charge in [-0.25, -0.2) is 4.98 Å². The van der Waals surface area contributed by atoms with Crippen LogP contribution >= 0.6 is 11.3 Å². The van der Waals surface area contributed by atoms with Gasteiger partial charge in [0.25, 0.3) is 0 Å². The molecule has 92 valence electrons. The van der Waals surface area contributed by atoms with Crippen LogP contribution in [-0.2, 0) is 11.3 Å². The Kier molecular flexibility index (Phi) is 4.48. The van der Waals surface area contributed by atoms with Crippen LogP contribution in [-0.4, -0.2) is 24.2 Å². The van der Waals surface area contributed by atoms with E-state index in [-0.39, 0.29) is 0 Å². The summed E-state index contributed by atoms with van der Waals surface area (Å²) in [5.41, 5.74) is 1.07. The summed E-state index contributed by atoms with van der Waals surface area (Å²) >= 11 is 1.71. The minimum atomic E-state index is 0.515. The molecule has 2 aromatic rings. The Labute approximate surface area is 106 Å². The highest BCUT2D eigenvalue weighted by atomic mass is 32.1. The van der Waals surface area contributed by atoms with Crippen molar-refractivity contribution in [3.05, 3.63) is 29.3 Å². The van der Waals surface area contributed by atoms with Gasteiger partial charge in [0.15, 0.2) is 0 Å². The van der Waals surface area contributed by atoms with Crippen molar-refractivity contribution in [3.8, 4) is 0 Å². The van der Waals surface area contributed by atoms with Crippen molar-refractivity contribution in [2.24, 2.45) is 0 Å². The van der Waals surface area contributed by atoms with E-state index in [2.05, 4.69) is 30.2 Å². The molecule has 0 amide bonds. The molecule has 0 saturated carbocycles. The Morgan fingerprint density at radius 3 is 2.94 bits per heavy atom. The standard InChI is InChI=1S/C13H18N2OS/c1-10(2)14-7-8-16-9-13-15-11-5-3-4-6-12(11)17-13/h3-6,10,14H,7-9H2,1-2H3. The molecule has 0 saturated heterocycles. The fourth-order valence-corrected chi connectivity index (χ4v) is 2.47. The van der Waals surface area contributed by atoms with Crippen molar-refractivity contribution < 1.29 is 4.74 Å². The summed E-state index contributed by atoms with van der Waals surface area (Å²) in [6.45, 7) is 6.50. The minimum absolute atomic E-state index is 0.515. The molecule has 1 N–H and O–H groups in total. The first kappa shape index (κ1) is 12.5. The van der Waals surface area contributed by atoms with Gasteiger partial charge in [0.1, 0.15) is 5.01 Å². The van der Waals surface area contributed by atoms with Gasteiger partial charge >= 0.3 is 0 Å². The summed E-state index contributed by atoms with van der Waals surface area (Å²) < 4.78 is 6.81. The summed E-state index contributed by atoms with van der Waals surface area (Å²) in [5, 5.41) is 4.37. The van der Waals surface area contributed by atoms with Crippen LogP contribution < -0.4 is 5.32 Å². The van der Waals surface area contributed by atoms with Crippen LogP contribution in [0, 0.1) is 0 Å². The van der Waals surface area contributed by atoms with Crippen molar-refractivity contribution in [1.29, 1.82) is 0 Å². The molecule has 0 aliphatic heterocycles. The van der Waals surface area contributed by atoms with Crippen LogP contribution in [0.25, 0.3) is 10.2 Å². The first-order valence-corrected chi connectivity index (χ1v) is 6.73. The highest BCUT2D eigenvalue weighted by Crippen LogP contribution is 2.21. The molecule has 1 heterocycles. The number of para-hydroxylation sites is 1. The van der Waals surface area contributed by atoms with E-state index in [4.69, 9.17) is 4.74 Å². The lowest BCUT2D eigenvalue weighted by Gasteiger charge is -2.07. The smallest absolute Gasteiger partial charge is 0.120 e. The lowest BCUT2D eigenvalue weighted by molar-refractivity contribution is 0.121. The van der Waals surface area contributed by atoms with Gasteiger partial charge in [-0.1, -0.05) is 26.0 Å². The van der Waals surface area contributed by atoms with Gasteiger partial charge in [-0.05, 0) is 12.1 Å². The first-order chi connectivity index (χ1) is 8.25. The van der Waals surface area contributed by atoms with E-state index in [0.717, 1.165) is 23.7 Å². The van der Waals surface area contributed by atoms with E-state index < -0.39 is 0 Å². The van der Waals surface area contributed by atoms with Gasteiger partial charge in [0.05, 0.1) is 23.4 Å². The van der Waals surface area contributed by atoms with Gasteiger partial charge in [-0.2, -0.15) is 0 Å². The van der Waals surface area contributed by atoms with Gasteiger partial charge in [-0.3, -0.25) is 0 Å². The Morgan fingerprint density at radius 2 is 2.18 bits per heavy atom. The molecule has 0 atom stereocenters. The van der Waals surface area contributed by atoms with Crippen LogP contribution in [0.4, 0.5) is 0 Å². The molecule has 4 heteroatoms. The highest BCUT2D eigenvalue weighted by Gasteiger charge is 2.02. The molecule has 0 spiro atoms. The van der Waals surface area contributed by atoms with Crippen LogP contribution in [0.15, 0.2) is 24.3 Å². The number of fused-ring (bicyclic) bond motifs is 1. The zero-order valence-electron chi connectivity index (χ0n) is 10.3. The lowest BCUT2D eigenvalue weighted by Crippen LogP contribution is -2.26. The van der Waals surface area contributed by atoms with E-state index in [0.29, 0.717) is 12.6 Å². The monoisotopic (exact) mass is 250 g/mol. The number of hydrogen-bond donors (Lipinski definition) is 1. The summed E-state index contributed by atoms with van der Waals surface area (Å²) in [5.74, 6) is 0. The predicted molar refractivity (Wildman–Crippen MR) is 72.4 cm³/mol. The van der Waals surface area contributed by atoms with E-state index in [9.17, 15) is 0 Å². The van der Waals surface area contributed by atoms with Crippen molar-refractivity contribution in [2.75, 3.05) is 13.2 Å². The molecular weight excluding hydrogens is 232 g/mol. The highest BCUT2D eigenvalue weighted by molar-refractivity contribution is 7.18. The van der Waals surface area contributed by atoms with Crippen LogP contribution in [0.1, 0.15) is 18.9 Å². The number of hydrogen-bond acceptors (Lipinski definition) is 4. The number of nitrogens with one attached hydrogen (secondary N) is 1. The molecular formula is C13H18N2OS. The molecule has 0 unspecified atom stereocenters. The molecule has 2 rings (SSSR count). The predicted octanol–water partition coefficient (Wildman–Crippen LogP) is 2.81. The van der Waals surface area contributed by atoms with Gasteiger partial charge < -0.3 is 10.1 Å². The van der Waals surface area contributed by atoms with Crippen molar-refractivity contribution >= 4 is 21.6 Å². The maximum absolute atomic E-state index is 5.59. The molecule has 0 aliphatic rings. The molecule has 1 aromatic carbocycles. The zero-order chi connectivity index (χ0) is 12.1. The van der Waals surface area contributed by atoms with E-state index >= 15 is 0 Å². The Hall–Kier alpha value is -0.970. The fourth-order valence-electron chi connectivity index (χ4n) is 1.56. The third kappa shape index (κ3) is 3.77. The first-order valence-electron chi connectivity index (χ1n) is 5.91. The van der Waals surface area contributed by atoms with Gasteiger partial charge in [0.2, 0.25) is 0 Å². The second-order valence-electron chi connectivity index (χ2n) is 4.24. The molecule has 0 radical (unpaired) electrons. The Morgan fingerprint density at radius 1 is 1.35 bits per heavy atom. The molecule has 1 aromatic heterocycles. The third-order valence-corrected chi connectivity index (χ3v) is 3.37. The maximum atomic E-state index is 5.59. The van der Waals surface area contributed by atoms with Crippen molar-refractivity contribution in [3.63, 3.8) is 0 Å². The number of nitrogens with zero attached hydrogens (tertiary/aromatic N) is 1. The normalized spacial score (nSPS) is 11.5. The van der Waals surface area contributed by atoms with Crippen LogP contribution in [0.3, 0.4) is 0 Å². The quantitative estimate of drug-likeness (QED) is 0.801. The average molecular weight is 250 g/mol. The third-order valence-electron chi connectivity index (χ3n) is 2.36. The average Bonchev–Trinajstić information content (AvgIpc) is 2.70. The van der Waals surface area contributed by atoms with E-state index in [1.165, 1.54) is 4.70 Å². The SMILES string of the molecule is CC(C)NCCOCc1nc2ccccc2s1. The Bertz CT molecular complexity index is 434. The topological polar surface area (TPSA) is 34.1 Å². The number of benzene rings is 1. The Balaban J connectivity index is 1.79. The second kappa shape index (κ2) is 6.10. The van der Waals surface area contributed by atoms with E-state index in [1.54, 1.807) is 11.3 Å². The van der Waals surface area contributed by atoms with Crippen LogP contribution in [0.2, 0.25) is 0 Å². The fraction of sp³-hybridized carbons (Fsp3) is 0.462. The summed E-state index contributed by atoms with van der Waals surface area (Å²) in [7, 11) is 0. The van der Waals surface area contributed by atoms with Gasteiger partial charge in [0, 0.05) is 12.6 Å². The van der Waals surface area contributed by atoms with E-state index in [1.807, 2.05) is 18.2 Å². The molecule has 0 bridgehead atoms. The molecule has 3 nitrogen and oxygen atoms in total.